The highest BCUT2D eigenvalue weighted by atomic mass is 32.2. The number of rotatable bonds is 8. The van der Waals surface area contributed by atoms with Crippen molar-refractivity contribution in [1.82, 2.24) is 10.3 Å². The molecule has 1 heterocycles. The van der Waals surface area contributed by atoms with E-state index >= 15 is 0 Å². The largest absolute Gasteiger partial charge is 0.393 e. The molecule has 1 atom stereocenters. The number of amides is 1. The summed E-state index contributed by atoms with van der Waals surface area (Å²) in [6.07, 6.45) is 1.04. The van der Waals surface area contributed by atoms with Crippen molar-refractivity contribution >= 4 is 29.0 Å². The number of aromatic nitrogens is 1. The predicted molar refractivity (Wildman–Crippen MR) is 76.9 cm³/mol. The maximum absolute atomic E-state index is 11.5. The molecule has 0 saturated carbocycles. The second kappa shape index (κ2) is 8.50. The molecular weight excluding hydrogens is 268 g/mol. The van der Waals surface area contributed by atoms with Crippen LogP contribution in [-0.2, 0) is 10.5 Å². The lowest BCUT2D eigenvalue weighted by molar-refractivity contribution is -0.118. The van der Waals surface area contributed by atoms with E-state index in [0.717, 1.165) is 22.9 Å². The van der Waals surface area contributed by atoms with Crippen molar-refractivity contribution < 1.29 is 9.90 Å². The highest BCUT2D eigenvalue weighted by Crippen LogP contribution is 2.14. The number of thioether (sulfide) groups is 1. The van der Waals surface area contributed by atoms with E-state index in [1.54, 1.807) is 23.1 Å². The van der Waals surface area contributed by atoms with Gasteiger partial charge in [0.05, 0.1) is 22.6 Å². The number of aliphatic hydroxyl groups is 1. The summed E-state index contributed by atoms with van der Waals surface area (Å²) in [6.45, 7) is 4.45. The van der Waals surface area contributed by atoms with Crippen molar-refractivity contribution in [2.75, 3.05) is 12.3 Å². The van der Waals surface area contributed by atoms with E-state index in [-0.39, 0.29) is 12.0 Å². The fraction of sp³-hybridized carbons (Fsp3) is 0.667. The van der Waals surface area contributed by atoms with E-state index in [9.17, 15) is 9.90 Å². The Morgan fingerprint density at radius 2 is 2.44 bits per heavy atom. The SMILES string of the molecule is CCC(O)CCNC(=O)CSCc1csc(C)n1. The highest BCUT2D eigenvalue weighted by Gasteiger charge is 2.05. The zero-order valence-corrected chi connectivity index (χ0v) is 12.4. The number of thiazole rings is 1. The molecule has 102 valence electrons. The van der Waals surface area contributed by atoms with Gasteiger partial charge in [0.25, 0.3) is 0 Å². The molecule has 1 aromatic heterocycles. The minimum Gasteiger partial charge on any atom is -0.393 e. The molecule has 0 aliphatic heterocycles. The Morgan fingerprint density at radius 1 is 1.67 bits per heavy atom. The van der Waals surface area contributed by atoms with Crippen molar-refractivity contribution in [1.29, 1.82) is 0 Å². The summed E-state index contributed by atoms with van der Waals surface area (Å²) in [5.74, 6) is 1.24. The minimum absolute atomic E-state index is 0.0234. The lowest BCUT2D eigenvalue weighted by Gasteiger charge is -2.08. The highest BCUT2D eigenvalue weighted by molar-refractivity contribution is 7.99. The Balaban J connectivity index is 2.06. The molecule has 0 bridgehead atoms. The molecule has 1 amide bonds. The molecule has 0 spiro atoms. The molecule has 18 heavy (non-hydrogen) atoms. The van der Waals surface area contributed by atoms with Crippen molar-refractivity contribution in [2.45, 2.75) is 38.5 Å². The van der Waals surface area contributed by atoms with Gasteiger partial charge in [-0.2, -0.15) is 0 Å². The van der Waals surface area contributed by atoms with Crippen molar-refractivity contribution in [3.63, 3.8) is 0 Å². The fourth-order valence-electron chi connectivity index (χ4n) is 1.36. The molecule has 0 aromatic carbocycles. The number of hydrogen-bond acceptors (Lipinski definition) is 5. The first-order valence-corrected chi connectivity index (χ1v) is 8.08. The number of aliphatic hydroxyl groups excluding tert-OH is 1. The van der Waals surface area contributed by atoms with Crippen molar-refractivity contribution in [2.24, 2.45) is 0 Å². The summed E-state index contributed by atoms with van der Waals surface area (Å²) in [6, 6.07) is 0. The third-order valence-corrected chi connectivity index (χ3v) is 4.21. The monoisotopic (exact) mass is 288 g/mol. The molecule has 0 aliphatic rings. The molecule has 2 N–H and O–H groups in total. The van der Waals surface area contributed by atoms with Gasteiger partial charge in [-0.3, -0.25) is 4.79 Å². The first-order valence-electron chi connectivity index (χ1n) is 6.05. The fourth-order valence-corrected chi connectivity index (χ4v) is 2.82. The number of hydrogen-bond donors (Lipinski definition) is 2. The molecule has 4 nitrogen and oxygen atoms in total. The van der Waals surface area contributed by atoms with Crippen molar-refractivity contribution in [3.05, 3.63) is 16.1 Å². The van der Waals surface area contributed by atoms with Crippen molar-refractivity contribution in [3.8, 4) is 0 Å². The molecule has 0 fully saturated rings. The Bertz CT molecular complexity index is 369. The van der Waals surface area contributed by atoms with Gasteiger partial charge in [-0.25, -0.2) is 4.98 Å². The zero-order chi connectivity index (χ0) is 13.4. The van der Waals surface area contributed by atoms with Gasteiger partial charge in [-0.1, -0.05) is 6.92 Å². The lowest BCUT2D eigenvalue weighted by Crippen LogP contribution is -2.28. The van der Waals surface area contributed by atoms with Crippen LogP contribution >= 0.6 is 23.1 Å². The Kier molecular flexibility index (Phi) is 7.31. The molecule has 0 radical (unpaired) electrons. The number of aryl methyl sites for hydroxylation is 1. The molecular formula is C12H20N2O2S2. The first-order chi connectivity index (χ1) is 8.61. The van der Waals surface area contributed by atoms with Crippen LogP contribution in [0.2, 0.25) is 0 Å². The topological polar surface area (TPSA) is 62.2 Å². The quantitative estimate of drug-likeness (QED) is 0.767. The molecule has 1 unspecified atom stereocenters. The van der Waals surface area contributed by atoms with Gasteiger partial charge in [0.1, 0.15) is 0 Å². The van der Waals surface area contributed by atoms with Crippen LogP contribution in [0.25, 0.3) is 0 Å². The summed E-state index contributed by atoms with van der Waals surface area (Å²) in [5.41, 5.74) is 1.04. The molecule has 6 heteroatoms. The number of nitrogens with zero attached hydrogens (tertiary/aromatic N) is 1. The van der Waals surface area contributed by atoms with E-state index in [1.807, 2.05) is 19.2 Å². The number of carbonyl (C=O) groups is 1. The third-order valence-electron chi connectivity index (χ3n) is 2.42. The smallest absolute Gasteiger partial charge is 0.230 e. The summed E-state index contributed by atoms with van der Waals surface area (Å²) in [5, 5.41) is 15.2. The maximum atomic E-state index is 11.5. The molecule has 0 aliphatic carbocycles. The lowest BCUT2D eigenvalue weighted by atomic mass is 10.2. The standard InChI is InChI=1S/C12H20N2O2S2/c1-3-11(15)4-5-13-12(16)8-17-6-10-7-18-9(2)14-10/h7,11,15H,3-6,8H2,1-2H3,(H,13,16). The van der Waals surface area contributed by atoms with Gasteiger partial charge >= 0.3 is 0 Å². The third kappa shape index (κ3) is 6.37. The Morgan fingerprint density at radius 3 is 3.06 bits per heavy atom. The molecule has 1 rings (SSSR count). The van der Waals surface area contributed by atoms with E-state index < -0.39 is 0 Å². The van der Waals surface area contributed by atoms with Crippen LogP contribution in [0.4, 0.5) is 0 Å². The van der Waals surface area contributed by atoms with Crippen LogP contribution < -0.4 is 5.32 Å². The summed E-state index contributed by atoms with van der Waals surface area (Å²) >= 11 is 3.19. The number of nitrogens with one attached hydrogen (secondary N) is 1. The van der Waals surface area contributed by atoms with Crippen LogP contribution in [0.15, 0.2) is 5.38 Å². The Labute approximate surface area is 116 Å². The van der Waals surface area contributed by atoms with Gasteiger partial charge in [0.15, 0.2) is 0 Å². The van der Waals surface area contributed by atoms with E-state index in [0.29, 0.717) is 18.7 Å². The first kappa shape index (κ1) is 15.5. The van der Waals surface area contributed by atoms with E-state index in [2.05, 4.69) is 10.3 Å². The van der Waals surface area contributed by atoms with Crippen LogP contribution in [0, 0.1) is 6.92 Å². The van der Waals surface area contributed by atoms with Crippen LogP contribution in [0.5, 0.6) is 0 Å². The van der Waals surface area contributed by atoms with Crippen LogP contribution in [0.1, 0.15) is 30.5 Å². The molecule has 0 saturated heterocycles. The van der Waals surface area contributed by atoms with Crippen LogP contribution in [-0.4, -0.2) is 34.4 Å². The van der Waals surface area contributed by atoms with Gasteiger partial charge in [0, 0.05) is 17.7 Å². The van der Waals surface area contributed by atoms with Crippen LogP contribution in [0.3, 0.4) is 0 Å². The second-order valence-corrected chi connectivity index (χ2v) is 6.10. The zero-order valence-electron chi connectivity index (χ0n) is 10.8. The summed E-state index contributed by atoms with van der Waals surface area (Å²) in [4.78, 5) is 15.8. The second-order valence-electron chi connectivity index (χ2n) is 4.05. The Hall–Kier alpha value is -0.590. The molecule has 1 aromatic rings. The van der Waals surface area contributed by atoms with Gasteiger partial charge in [-0.05, 0) is 19.8 Å². The predicted octanol–water partition coefficient (Wildman–Crippen LogP) is 1.96. The van der Waals surface area contributed by atoms with Gasteiger partial charge < -0.3 is 10.4 Å². The number of carbonyl (C=O) groups excluding carboxylic acids is 1. The summed E-state index contributed by atoms with van der Waals surface area (Å²) in [7, 11) is 0. The maximum Gasteiger partial charge on any atom is 0.230 e. The van der Waals surface area contributed by atoms with Gasteiger partial charge in [-0.15, -0.1) is 23.1 Å². The van der Waals surface area contributed by atoms with E-state index in [4.69, 9.17) is 0 Å². The van der Waals surface area contributed by atoms with Gasteiger partial charge in [0.2, 0.25) is 5.91 Å². The van der Waals surface area contributed by atoms with E-state index in [1.165, 1.54) is 0 Å². The summed E-state index contributed by atoms with van der Waals surface area (Å²) < 4.78 is 0. The average Bonchev–Trinajstić information content (AvgIpc) is 2.75. The average molecular weight is 288 g/mol. The normalized spacial score (nSPS) is 12.4. The minimum atomic E-state index is -0.309.